The first kappa shape index (κ1) is 14.7. The summed E-state index contributed by atoms with van der Waals surface area (Å²) in [6, 6.07) is 0. The second kappa shape index (κ2) is 6.55. The highest BCUT2D eigenvalue weighted by atomic mass is 32.2. The van der Waals surface area contributed by atoms with Crippen LogP contribution in [0.15, 0.2) is 11.6 Å². The number of hydrogen-bond donors (Lipinski definition) is 2. The molecule has 0 fully saturated rings. The molecule has 0 radical (unpaired) electrons. The fourth-order valence-electron chi connectivity index (χ4n) is 1.46. The molecule has 0 bridgehead atoms. The molecular formula is C11H17N3O3S. The molecule has 0 saturated carbocycles. The molecule has 1 aliphatic rings. The minimum Gasteiger partial charge on any atom is -0.355 e. The normalized spacial score (nSPS) is 16.8. The molecule has 1 atom stereocenters. The van der Waals surface area contributed by atoms with E-state index in [-0.39, 0.29) is 35.9 Å². The average molecular weight is 271 g/mol. The fourth-order valence-corrected chi connectivity index (χ4v) is 1.64. The zero-order chi connectivity index (χ0) is 13.7. The van der Waals surface area contributed by atoms with E-state index in [1.807, 2.05) is 6.92 Å². The van der Waals surface area contributed by atoms with Gasteiger partial charge < -0.3 is 5.32 Å². The maximum absolute atomic E-state index is 11.5. The summed E-state index contributed by atoms with van der Waals surface area (Å²) in [5.41, 5.74) is 0.411. The molecule has 6 nitrogen and oxygen atoms in total. The lowest BCUT2D eigenvalue weighted by Gasteiger charge is -2.14. The number of hydrogen-bond acceptors (Lipinski definition) is 5. The van der Waals surface area contributed by atoms with Gasteiger partial charge in [-0.05, 0) is 6.92 Å². The Morgan fingerprint density at radius 2 is 2.22 bits per heavy atom. The highest BCUT2D eigenvalue weighted by Crippen LogP contribution is 2.11. The van der Waals surface area contributed by atoms with Crippen molar-refractivity contribution in [1.29, 1.82) is 0 Å². The van der Waals surface area contributed by atoms with Crippen LogP contribution in [0.2, 0.25) is 0 Å². The number of imide groups is 1. The number of nitrogens with one attached hydrogen (secondary N) is 1. The molecule has 3 N–H and O–H groups in total. The van der Waals surface area contributed by atoms with E-state index < -0.39 is 0 Å². The minimum absolute atomic E-state index is 0.112. The predicted octanol–water partition coefficient (Wildman–Crippen LogP) is -0.197. The third-order valence-electron chi connectivity index (χ3n) is 2.57. The van der Waals surface area contributed by atoms with Crippen LogP contribution in [0.5, 0.6) is 0 Å². The summed E-state index contributed by atoms with van der Waals surface area (Å²) in [5.74, 6) is -0.865. The van der Waals surface area contributed by atoms with Crippen molar-refractivity contribution in [3.05, 3.63) is 11.6 Å². The Balaban J connectivity index is 2.32. The van der Waals surface area contributed by atoms with Crippen LogP contribution in [0, 0.1) is 0 Å². The van der Waals surface area contributed by atoms with Gasteiger partial charge in [-0.1, -0.05) is 18.9 Å². The molecule has 1 heterocycles. The van der Waals surface area contributed by atoms with E-state index in [1.54, 1.807) is 6.92 Å². The summed E-state index contributed by atoms with van der Waals surface area (Å²) in [5, 5.41) is 8.17. The Kier molecular flexibility index (Phi) is 5.36. The Labute approximate surface area is 110 Å². The van der Waals surface area contributed by atoms with Gasteiger partial charge in [0.25, 0.3) is 11.8 Å². The molecule has 1 rings (SSSR count). The number of carbonyl (C=O) groups is 3. The van der Waals surface area contributed by atoms with E-state index >= 15 is 0 Å². The lowest BCUT2D eigenvalue weighted by molar-refractivity contribution is -0.137. The van der Waals surface area contributed by atoms with Crippen LogP contribution in [0.1, 0.15) is 20.3 Å². The molecular weight excluding hydrogens is 254 g/mol. The summed E-state index contributed by atoms with van der Waals surface area (Å²) in [7, 11) is 0. The first-order valence-electron chi connectivity index (χ1n) is 5.62. The second-order valence-electron chi connectivity index (χ2n) is 4.12. The van der Waals surface area contributed by atoms with Gasteiger partial charge in [0.1, 0.15) is 0 Å². The van der Waals surface area contributed by atoms with Crippen LogP contribution >= 0.6 is 11.9 Å². The summed E-state index contributed by atoms with van der Waals surface area (Å²) in [6.45, 7) is 4.06. The molecule has 100 valence electrons. The molecule has 3 amide bonds. The van der Waals surface area contributed by atoms with E-state index in [4.69, 9.17) is 5.14 Å². The van der Waals surface area contributed by atoms with Crippen molar-refractivity contribution >= 4 is 29.7 Å². The van der Waals surface area contributed by atoms with Gasteiger partial charge in [-0.15, -0.1) is 0 Å². The van der Waals surface area contributed by atoms with Gasteiger partial charge in [0.2, 0.25) is 5.91 Å². The number of amides is 3. The largest absolute Gasteiger partial charge is 0.355 e. The molecule has 18 heavy (non-hydrogen) atoms. The van der Waals surface area contributed by atoms with Gasteiger partial charge in [0.15, 0.2) is 0 Å². The standard InChI is InChI=1S/C11H17N3O3S/c1-7-5-10(16)14(11(7)17)4-3-9(15)13-6-8(2)18-12/h5,8H,3-4,6,12H2,1-2H3,(H,13,15). The first-order valence-corrected chi connectivity index (χ1v) is 6.56. The molecule has 0 aromatic heterocycles. The number of rotatable bonds is 6. The van der Waals surface area contributed by atoms with Gasteiger partial charge >= 0.3 is 0 Å². The molecule has 0 aromatic carbocycles. The van der Waals surface area contributed by atoms with Crippen molar-refractivity contribution in [2.45, 2.75) is 25.5 Å². The van der Waals surface area contributed by atoms with Crippen LogP contribution in [0.4, 0.5) is 0 Å². The first-order chi connectivity index (χ1) is 8.45. The zero-order valence-electron chi connectivity index (χ0n) is 10.4. The monoisotopic (exact) mass is 271 g/mol. The van der Waals surface area contributed by atoms with E-state index in [0.717, 1.165) is 4.90 Å². The van der Waals surface area contributed by atoms with Crippen molar-refractivity contribution in [1.82, 2.24) is 10.2 Å². The zero-order valence-corrected chi connectivity index (χ0v) is 11.3. The maximum atomic E-state index is 11.5. The van der Waals surface area contributed by atoms with Crippen molar-refractivity contribution < 1.29 is 14.4 Å². The number of carbonyl (C=O) groups excluding carboxylic acids is 3. The topological polar surface area (TPSA) is 92.5 Å². The summed E-state index contributed by atoms with van der Waals surface area (Å²) >= 11 is 1.17. The molecule has 0 spiro atoms. The van der Waals surface area contributed by atoms with E-state index in [9.17, 15) is 14.4 Å². The molecule has 1 unspecified atom stereocenters. The van der Waals surface area contributed by atoms with Crippen molar-refractivity contribution in [2.24, 2.45) is 5.14 Å². The lowest BCUT2D eigenvalue weighted by atomic mass is 10.3. The van der Waals surface area contributed by atoms with Gasteiger partial charge in [0.05, 0.1) is 0 Å². The van der Waals surface area contributed by atoms with E-state index in [2.05, 4.69) is 5.32 Å². The lowest BCUT2D eigenvalue weighted by Crippen LogP contribution is -2.36. The molecule has 0 saturated heterocycles. The van der Waals surface area contributed by atoms with Crippen LogP contribution in [-0.2, 0) is 14.4 Å². The smallest absolute Gasteiger partial charge is 0.256 e. The van der Waals surface area contributed by atoms with Crippen LogP contribution < -0.4 is 10.5 Å². The third kappa shape index (κ3) is 3.85. The number of nitrogens with two attached hydrogens (primary N) is 1. The highest BCUT2D eigenvalue weighted by molar-refractivity contribution is 7.97. The van der Waals surface area contributed by atoms with Crippen LogP contribution in [0.3, 0.4) is 0 Å². The molecule has 0 aromatic rings. The molecule has 1 aliphatic heterocycles. The third-order valence-corrected chi connectivity index (χ3v) is 3.20. The summed E-state index contributed by atoms with van der Waals surface area (Å²) < 4.78 is 0. The average Bonchev–Trinajstić information content (AvgIpc) is 2.58. The summed E-state index contributed by atoms with van der Waals surface area (Å²) in [4.78, 5) is 35.5. The Hall–Kier alpha value is -1.34. The van der Waals surface area contributed by atoms with E-state index in [1.165, 1.54) is 18.0 Å². The van der Waals surface area contributed by atoms with Gasteiger partial charge in [-0.2, -0.15) is 0 Å². The Morgan fingerprint density at radius 1 is 1.56 bits per heavy atom. The van der Waals surface area contributed by atoms with Crippen molar-refractivity contribution in [3.63, 3.8) is 0 Å². The maximum Gasteiger partial charge on any atom is 0.256 e. The number of nitrogens with zero attached hydrogens (tertiary/aromatic N) is 1. The summed E-state index contributed by atoms with van der Waals surface area (Å²) in [6.07, 6.45) is 1.40. The second-order valence-corrected chi connectivity index (χ2v) is 5.20. The molecule has 7 heteroatoms. The van der Waals surface area contributed by atoms with Crippen LogP contribution in [0.25, 0.3) is 0 Å². The van der Waals surface area contributed by atoms with Crippen LogP contribution in [-0.4, -0.2) is 41.0 Å². The highest BCUT2D eigenvalue weighted by Gasteiger charge is 2.28. The fraction of sp³-hybridized carbons (Fsp3) is 0.545. The Bertz CT molecular complexity index is 395. The van der Waals surface area contributed by atoms with E-state index in [0.29, 0.717) is 12.1 Å². The minimum atomic E-state index is -0.351. The van der Waals surface area contributed by atoms with Crippen molar-refractivity contribution in [3.8, 4) is 0 Å². The quantitative estimate of drug-likeness (QED) is 0.516. The van der Waals surface area contributed by atoms with Gasteiger partial charge in [0, 0.05) is 36.4 Å². The predicted molar refractivity (Wildman–Crippen MR) is 69.3 cm³/mol. The van der Waals surface area contributed by atoms with Gasteiger partial charge in [-0.3, -0.25) is 24.4 Å². The Morgan fingerprint density at radius 3 is 2.72 bits per heavy atom. The molecule has 0 aliphatic carbocycles. The van der Waals surface area contributed by atoms with Crippen molar-refractivity contribution in [2.75, 3.05) is 13.1 Å². The van der Waals surface area contributed by atoms with Gasteiger partial charge in [-0.25, -0.2) is 0 Å². The SMILES string of the molecule is CC1=CC(=O)N(CCC(=O)NCC(C)SN)C1=O.